The molecular formula is C19H25N5O2. The van der Waals surface area contributed by atoms with Gasteiger partial charge in [-0.25, -0.2) is 9.97 Å². The van der Waals surface area contributed by atoms with E-state index in [-0.39, 0.29) is 5.91 Å². The number of nitrogens with one attached hydrogen (secondary N) is 2. The molecule has 1 amide bonds. The summed E-state index contributed by atoms with van der Waals surface area (Å²) in [6.45, 7) is 7.72. The van der Waals surface area contributed by atoms with Gasteiger partial charge in [-0.3, -0.25) is 9.69 Å². The van der Waals surface area contributed by atoms with Crippen LogP contribution in [0.5, 0.6) is 0 Å². The lowest BCUT2D eigenvalue weighted by Crippen LogP contribution is -2.39. The van der Waals surface area contributed by atoms with Crippen LogP contribution in [0.1, 0.15) is 21.5 Å². The summed E-state index contributed by atoms with van der Waals surface area (Å²) in [4.78, 5) is 23.0. The number of aromatic nitrogens is 2. The van der Waals surface area contributed by atoms with Crippen molar-refractivity contribution >= 4 is 11.9 Å². The van der Waals surface area contributed by atoms with Gasteiger partial charge in [-0.05, 0) is 12.5 Å². The first-order valence-electron chi connectivity index (χ1n) is 8.90. The van der Waals surface area contributed by atoms with E-state index in [4.69, 9.17) is 4.74 Å². The molecule has 0 atom stereocenters. The van der Waals surface area contributed by atoms with E-state index in [0.717, 1.165) is 45.0 Å². The molecule has 2 aromatic rings. The second-order valence-electron chi connectivity index (χ2n) is 6.34. The standard InChI is InChI=1S/C19H25N5O2/c1-15-2-4-16(5-3-15)12-21-18(25)17-13-22-19(23-14-17)20-6-7-24-8-10-26-11-9-24/h2-5,13-14H,6-12H2,1H3,(H,21,25)(H,20,22,23). The summed E-state index contributed by atoms with van der Waals surface area (Å²) in [5, 5.41) is 6.07. The number of hydrogen-bond donors (Lipinski definition) is 2. The molecule has 1 aromatic carbocycles. The normalized spacial score (nSPS) is 14.8. The summed E-state index contributed by atoms with van der Waals surface area (Å²) in [6.07, 6.45) is 3.10. The van der Waals surface area contributed by atoms with Gasteiger partial charge in [0.05, 0.1) is 18.8 Å². The van der Waals surface area contributed by atoms with Crippen molar-refractivity contribution in [1.29, 1.82) is 0 Å². The van der Waals surface area contributed by atoms with Crippen molar-refractivity contribution in [2.45, 2.75) is 13.5 Å². The molecule has 1 aromatic heterocycles. The third-order valence-corrected chi connectivity index (χ3v) is 4.30. The van der Waals surface area contributed by atoms with E-state index in [2.05, 4.69) is 25.5 Å². The molecule has 0 saturated carbocycles. The number of aryl methyl sites for hydroxylation is 1. The Morgan fingerprint density at radius 2 is 1.85 bits per heavy atom. The topological polar surface area (TPSA) is 79.4 Å². The first kappa shape index (κ1) is 18.3. The molecule has 138 valence electrons. The third-order valence-electron chi connectivity index (χ3n) is 4.30. The van der Waals surface area contributed by atoms with Crippen molar-refractivity contribution in [3.63, 3.8) is 0 Å². The Kier molecular flexibility index (Phi) is 6.51. The molecule has 1 saturated heterocycles. The molecule has 1 aliphatic heterocycles. The fraction of sp³-hybridized carbons (Fsp3) is 0.421. The van der Waals surface area contributed by atoms with E-state index in [0.29, 0.717) is 18.1 Å². The molecule has 7 heteroatoms. The highest BCUT2D eigenvalue weighted by Gasteiger charge is 2.10. The van der Waals surface area contributed by atoms with Crippen LogP contribution in [0, 0.1) is 6.92 Å². The van der Waals surface area contributed by atoms with Gasteiger partial charge in [-0.1, -0.05) is 29.8 Å². The molecular weight excluding hydrogens is 330 g/mol. The molecule has 2 heterocycles. The second kappa shape index (κ2) is 9.26. The Morgan fingerprint density at radius 3 is 2.54 bits per heavy atom. The van der Waals surface area contributed by atoms with Crippen LogP contribution >= 0.6 is 0 Å². The number of carbonyl (C=O) groups is 1. The van der Waals surface area contributed by atoms with Crippen molar-refractivity contribution in [3.8, 4) is 0 Å². The minimum absolute atomic E-state index is 0.176. The molecule has 0 spiro atoms. The van der Waals surface area contributed by atoms with Crippen LogP contribution in [-0.4, -0.2) is 60.2 Å². The molecule has 1 aliphatic rings. The fourth-order valence-electron chi connectivity index (χ4n) is 2.68. The lowest BCUT2D eigenvalue weighted by atomic mass is 10.1. The number of carbonyl (C=O) groups excluding carboxylic acids is 1. The predicted molar refractivity (Wildman–Crippen MR) is 100 cm³/mol. The molecule has 26 heavy (non-hydrogen) atoms. The van der Waals surface area contributed by atoms with Crippen LogP contribution in [0.25, 0.3) is 0 Å². The minimum atomic E-state index is -0.176. The summed E-state index contributed by atoms with van der Waals surface area (Å²) in [5.74, 6) is 0.360. The molecule has 2 N–H and O–H groups in total. The number of benzene rings is 1. The second-order valence-corrected chi connectivity index (χ2v) is 6.34. The molecule has 0 bridgehead atoms. The van der Waals surface area contributed by atoms with E-state index in [1.165, 1.54) is 5.56 Å². The van der Waals surface area contributed by atoms with Gasteiger partial charge in [-0.2, -0.15) is 0 Å². The minimum Gasteiger partial charge on any atom is -0.379 e. The highest BCUT2D eigenvalue weighted by atomic mass is 16.5. The van der Waals surface area contributed by atoms with Gasteiger partial charge in [0.1, 0.15) is 0 Å². The van der Waals surface area contributed by atoms with Crippen LogP contribution < -0.4 is 10.6 Å². The van der Waals surface area contributed by atoms with Crippen LogP contribution in [0.2, 0.25) is 0 Å². The lowest BCUT2D eigenvalue weighted by molar-refractivity contribution is 0.0398. The van der Waals surface area contributed by atoms with Crippen LogP contribution in [0.15, 0.2) is 36.7 Å². The molecule has 0 radical (unpaired) electrons. The van der Waals surface area contributed by atoms with E-state index in [9.17, 15) is 4.79 Å². The summed E-state index contributed by atoms with van der Waals surface area (Å²) in [6, 6.07) is 8.07. The van der Waals surface area contributed by atoms with Crippen LogP contribution in [0.4, 0.5) is 5.95 Å². The predicted octanol–water partition coefficient (Wildman–Crippen LogP) is 1.46. The van der Waals surface area contributed by atoms with Crippen molar-refractivity contribution < 1.29 is 9.53 Å². The quantitative estimate of drug-likeness (QED) is 0.783. The highest BCUT2D eigenvalue weighted by molar-refractivity contribution is 5.93. The molecule has 7 nitrogen and oxygen atoms in total. The monoisotopic (exact) mass is 355 g/mol. The average Bonchev–Trinajstić information content (AvgIpc) is 2.69. The number of morpholine rings is 1. The largest absolute Gasteiger partial charge is 0.379 e. The highest BCUT2D eigenvalue weighted by Crippen LogP contribution is 2.04. The van der Waals surface area contributed by atoms with Crippen molar-refractivity contribution in [2.75, 3.05) is 44.7 Å². The Bertz CT molecular complexity index is 697. The first-order valence-corrected chi connectivity index (χ1v) is 8.90. The van der Waals surface area contributed by atoms with Crippen LogP contribution in [0.3, 0.4) is 0 Å². The molecule has 0 aliphatic carbocycles. The number of anilines is 1. The summed E-state index contributed by atoms with van der Waals surface area (Å²) < 4.78 is 5.33. The number of nitrogens with zero attached hydrogens (tertiary/aromatic N) is 3. The molecule has 0 unspecified atom stereocenters. The van der Waals surface area contributed by atoms with E-state index >= 15 is 0 Å². The first-order chi connectivity index (χ1) is 12.7. The van der Waals surface area contributed by atoms with Gasteiger partial charge >= 0.3 is 0 Å². The molecule has 3 rings (SSSR count). The van der Waals surface area contributed by atoms with Gasteiger partial charge in [0.15, 0.2) is 0 Å². The zero-order chi connectivity index (χ0) is 18.2. The fourth-order valence-corrected chi connectivity index (χ4v) is 2.68. The zero-order valence-electron chi connectivity index (χ0n) is 15.1. The number of amides is 1. The summed E-state index contributed by atoms with van der Waals surface area (Å²) >= 11 is 0. The Labute approximate surface area is 153 Å². The van der Waals surface area contributed by atoms with E-state index < -0.39 is 0 Å². The number of ether oxygens (including phenoxy) is 1. The molecule has 1 fully saturated rings. The Hall–Kier alpha value is -2.51. The van der Waals surface area contributed by atoms with E-state index in [1.807, 2.05) is 31.2 Å². The maximum atomic E-state index is 12.2. The maximum Gasteiger partial charge on any atom is 0.254 e. The summed E-state index contributed by atoms with van der Waals surface area (Å²) in [7, 11) is 0. The van der Waals surface area contributed by atoms with Crippen molar-refractivity contribution in [3.05, 3.63) is 53.3 Å². The lowest BCUT2D eigenvalue weighted by Gasteiger charge is -2.26. The van der Waals surface area contributed by atoms with Gasteiger partial charge in [0.2, 0.25) is 5.95 Å². The summed E-state index contributed by atoms with van der Waals surface area (Å²) in [5.41, 5.74) is 2.72. The smallest absolute Gasteiger partial charge is 0.254 e. The van der Waals surface area contributed by atoms with Crippen LogP contribution in [-0.2, 0) is 11.3 Å². The maximum absolute atomic E-state index is 12.2. The van der Waals surface area contributed by atoms with E-state index in [1.54, 1.807) is 12.4 Å². The van der Waals surface area contributed by atoms with Crippen molar-refractivity contribution in [2.24, 2.45) is 0 Å². The SMILES string of the molecule is Cc1ccc(CNC(=O)c2cnc(NCCN3CCOCC3)nc2)cc1. The van der Waals surface area contributed by atoms with Gasteiger partial charge in [0.25, 0.3) is 5.91 Å². The van der Waals surface area contributed by atoms with Gasteiger partial charge in [-0.15, -0.1) is 0 Å². The van der Waals surface area contributed by atoms with Gasteiger partial charge < -0.3 is 15.4 Å². The average molecular weight is 355 g/mol. The zero-order valence-corrected chi connectivity index (χ0v) is 15.1. The van der Waals surface area contributed by atoms with Crippen molar-refractivity contribution in [1.82, 2.24) is 20.2 Å². The number of rotatable bonds is 7. The Morgan fingerprint density at radius 1 is 1.15 bits per heavy atom. The number of hydrogen-bond acceptors (Lipinski definition) is 6. The van der Waals surface area contributed by atoms with Gasteiger partial charge in [0, 0.05) is 45.1 Å². The Balaban J connectivity index is 1.42. The third kappa shape index (κ3) is 5.50.